The number of nitrogens with one attached hydrogen (secondary N) is 1. The van der Waals surface area contributed by atoms with Gasteiger partial charge in [-0.3, -0.25) is 4.79 Å². The second-order valence-corrected chi connectivity index (χ2v) is 7.10. The number of alkyl carbamates (subject to hydrolysis) is 1. The lowest BCUT2D eigenvalue weighted by Gasteiger charge is -2.26. The van der Waals surface area contributed by atoms with Crippen molar-refractivity contribution in [2.45, 2.75) is 46.3 Å². The first-order valence-corrected chi connectivity index (χ1v) is 8.47. The number of Topliss-reactive ketones (excluding diaryl/α,β-unsaturated/α-hetero) is 1. The van der Waals surface area contributed by atoms with E-state index in [2.05, 4.69) is 42.0 Å². The topological polar surface area (TPSA) is 55.4 Å². The highest BCUT2D eigenvalue weighted by molar-refractivity contribution is 9.09. The highest BCUT2D eigenvalue weighted by Crippen LogP contribution is 2.22. The maximum absolute atomic E-state index is 11.9. The normalized spacial score (nSPS) is 12.5. The number of hydrogen-bond donors (Lipinski definition) is 1. The minimum atomic E-state index is -0.486. The molecule has 1 N–H and O–H groups in total. The summed E-state index contributed by atoms with van der Waals surface area (Å²) in [6, 6.07) is 9.28. The van der Waals surface area contributed by atoms with Gasteiger partial charge in [0.05, 0.1) is 5.33 Å². The Hall–Kier alpha value is -1.36. The molecule has 4 nitrogen and oxygen atoms in total. The number of ketones is 1. The Balaban J connectivity index is 2.52. The van der Waals surface area contributed by atoms with Crippen molar-refractivity contribution in [2.75, 3.05) is 5.33 Å². The average molecular weight is 370 g/mol. The van der Waals surface area contributed by atoms with E-state index in [0.29, 0.717) is 18.2 Å². The van der Waals surface area contributed by atoms with Gasteiger partial charge in [0, 0.05) is 12.5 Å². The number of ether oxygens (including phenoxy) is 1. The summed E-state index contributed by atoms with van der Waals surface area (Å²) in [6.45, 7) is 6.46. The van der Waals surface area contributed by atoms with E-state index in [0.717, 1.165) is 5.56 Å². The Kier molecular flexibility index (Phi) is 7.59. The van der Waals surface area contributed by atoms with E-state index in [1.165, 1.54) is 0 Å². The molecule has 0 aliphatic heterocycles. The molecule has 0 aromatic heterocycles. The summed E-state index contributed by atoms with van der Waals surface area (Å²) in [4.78, 5) is 23.6. The largest absolute Gasteiger partial charge is 0.445 e. The van der Waals surface area contributed by atoms with E-state index in [9.17, 15) is 9.59 Å². The fraction of sp³-hybridized carbons (Fsp3) is 0.529. The summed E-state index contributed by atoms with van der Waals surface area (Å²) in [5.74, 6) is 0.0672. The Morgan fingerprint density at radius 3 is 2.41 bits per heavy atom. The van der Waals surface area contributed by atoms with Crippen molar-refractivity contribution in [2.24, 2.45) is 5.41 Å². The number of rotatable bonds is 7. The standard InChI is InChI=1S/C17H24BrNO3/c1-17(2,3)10-14(9-15(20)11-18)19-16(21)22-12-13-7-5-4-6-8-13/h4-8,14H,9-12H2,1-3H3,(H,19,21). The maximum Gasteiger partial charge on any atom is 0.407 e. The molecule has 1 unspecified atom stereocenters. The molecule has 0 aliphatic rings. The van der Waals surface area contributed by atoms with Gasteiger partial charge in [-0.1, -0.05) is 67.0 Å². The molecule has 0 bridgehead atoms. The highest BCUT2D eigenvalue weighted by atomic mass is 79.9. The molecule has 22 heavy (non-hydrogen) atoms. The number of carbonyl (C=O) groups excluding carboxylic acids is 2. The second kappa shape index (κ2) is 8.93. The van der Waals surface area contributed by atoms with Gasteiger partial charge >= 0.3 is 6.09 Å². The number of carbonyl (C=O) groups is 2. The zero-order chi connectivity index (χ0) is 16.6. The summed E-state index contributed by atoms with van der Waals surface area (Å²) in [5.41, 5.74) is 0.950. The van der Waals surface area contributed by atoms with Crippen LogP contribution in [0.2, 0.25) is 0 Å². The van der Waals surface area contributed by atoms with Crippen molar-refractivity contribution in [3.63, 3.8) is 0 Å². The lowest BCUT2D eigenvalue weighted by molar-refractivity contribution is -0.117. The van der Waals surface area contributed by atoms with Gasteiger partial charge in [0.2, 0.25) is 0 Å². The molecule has 0 aliphatic carbocycles. The SMILES string of the molecule is CC(C)(C)CC(CC(=O)CBr)NC(=O)OCc1ccccc1. The summed E-state index contributed by atoms with van der Waals surface area (Å²) in [6.07, 6.45) is 0.537. The van der Waals surface area contributed by atoms with Crippen LogP contribution in [0, 0.1) is 5.41 Å². The third kappa shape index (κ3) is 8.17. The minimum absolute atomic E-state index is 0.0178. The zero-order valence-corrected chi connectivity index (χ0v) is 15.0. The van der Waals surface area contributed by atoms with E-state index in [-0.39, 0.29) is 23.8 Å². The van der Waals surface area contributed by atoms with Crippen molar-refractivity contribution in [1.29, 1.82) is 0 Å². The molecule has 0 saturated carbocycles. The van der Waals surface area contributed by atoms with Crippen LogP contribution in [0.1, 0.15) is 39.2 Å². The summed E-state index contributed by atoms with van der Waals surface area (Å²) >= 11 is 3.16. The van der Waals surface area contributed by atoms with Crippen molar-refractivity contribution < 1.29 is 14.3 Å². The molecule has 1 rings (SSSR count). The van der Waals surface area contributed by atoms with Crippen LogP contribution in [0.4, 0.5) is 4.79 Å². The van der Waals surface area contributed by atoms with Crippen LogP contribution in [-0.4, -0.2) is 23.2 Å². The molecule has 1 aromatic rings. The highest BCUT2D eigenvalue weighted by Gasteiger charge is 2.23. The van der Waals surface area contributed by atoms with Gasteiger partial charge in [0.15, 0.2) is 0 Å². The van der Waals surface area contributed by atoms with Gasteiger partial charge in [0.25, 0.3) is 0 Å². The monoisotopic (exact) mass is 369 g/mol. The van der Waals surface area contributed by atoms with Crippen LogP contribution < -0.4 is 5.32 Å². The molecule has 5 heteroatoms. The van der Waals surface area contributed by atoms with Crippen LogP contribution in [0.25, 0.3) is 0 Å². The van der Waals surface area contributed by atoms with E-state index >= 15 is 0 Å². The number of benzene rings is 1. The van der Waals surface area contributed by atoms with E-state index in [1.807, 2.05) is 30.3 Å². The van der Waals surface area contributed by atoms with E-state index in [1.54, 1.807) is 0 Å². The fourth-order valence-corrected chi connectivity index (χ4v) is 2.40. The predicted octanol–water partition coefficient (Wildman–Crippen LogP) is 4.07. The van der Waals surface area contributed by atoms with Crippen molar-refractivity contribution in [3.8, 4) is 0 Å². The van der Waals surface area contributed by atoms with Crippen LogP contribution in [-0.2, 0) is 16.1 Å². The summed E-state index contributed by atoms with van der Waals surface area (Å²) < 4.78 is 5.22. The molecule has 1 atom stereocenters. The number of alkyl halides is 1. The zero-order valence-electron chi connectivity index (χ0n) is 13.4. The van der Waals surface area contributed by atoms with E-state index in [4.69, 9.17) is 4.74 Å². The first-order valence-electron chi connectivity index (χ1n) is 7.35. The van der Waals surface area contributed by atoms with Crippen LogP contribution in [0.3, 0.4) is 0 Å². The second-order valence-electron chi connectivity index (χ2n) is 6.54. The van der Waals surface area contributed by atoms with Crippen molar-refractivity contribution in [1.82, 2.24) is 5.32 Å². The van der Waals surface area contributed by atoms with Crippen LogP contribution in [0.5, 0.6) is 0 Å². The molecule has 0 radical (unpaired) electrons. The lowest BCUT2D eigenvalue weighted by Crippen LogP contribution is -2.39. The Morgan fingerprint density at radius 2 is 1.86 bits per heavy atom. The smallest absolute Gasteiger partial charge is 0.407 e. The molecule has 1 aromatic carbocycles. The third-order valence-corrected chi connectivity index (χ3v) is 3.64. The van der Waals surface area contributed by atoms with E-state index < -0.39 is 6.09 Å². The van der Waals surface area contributed by atoms with Gasteiger partial charge < -0.3 is 10.1 Å². The van der Waals surface area contributed by atoms with Gasteiger partial charge in [-0.15, -0.1) is 0 Å². The Labute approximate surface area is 140 Å². The molecule has 1 amide bonds. The Morgan fingerprint density at radius 1 is 1.23 bits per heavy atom. The molecular formula is C17H24BrNO3. The van der Waals surface area contributed by atoms with Gasteiger partial charge in [-0.05, 0) is 17.4 Å². The lowest BCUT2D eigenvalue weighted by atomic mass is 9.86. The molecule has 0 fully saturated rings. The first-order chi connectivity index (χ1) is 10.3. The molecule has 0 spiro atoms. The fourth-order valence-electron chi connectivity index (χ4n) is 2.17. The number of amides is 1. The molecule has 0 heterocycles. The van der Waals surface area contributed by atoms with Crippen LogP contribution in [0.15, 0.2) is 30.3 Å². The van der Waals surface area contributed by atoms with Crippen molar-refractivity contribution >= 4 is 27.8 Å². The molecule has 122 valence electrons. The third-order valence-electron chi connectivity index (χ3n) is 3.02. The minimum Gasteiger partial charge on any atom is -0.445 e. The maximum atomic E-state index is 11.9. The van der Waals surface area contributed by atoms with Gasteiger partial charge in [0.1, 0.15) is 12.4 Å². The Bertz CT molecular complexity index is 482. The quantitative estimate of drug-likeness (QED) is 0.736. The summed E-state index contributed by atoms with van der Waals surface area (Å²) in [7, 11) is 0. The number of halogens is 1. The van der Waals surface area contributed by atoms with Gasteiger partial charge in [-0.2, -0.15) is 0 Å². The first kappa shape index (κ1) is 18.7. The van der Waals surface area contributed by atoms with Crippen molar-refractivity contribution in [3.05, 3.63) is 35.9 Å². The van der Waals surface area contributed by atoms with Gasteiger partial charge in [-0.25, -0.2) is 4.79 Å². The summed E-state index contributed by atoms with van der Waals surface area (Å²) in [5, 5.41) is 3.11. The average Bonchev–Trinajstić information content (AvgIpc) is 2.44. The molecule has 0 saturated heterocycles. The van der Waals surface area contributed by atoms with Crippen LogP contribution >= 0.6 is 15.9 Å². The number of hydrogen-bond acceptors (Lipinski definition) is 3. The molecular weight excluding hydrogens is 346 g/mol. The predicted molar refractivity (Wildman–Crippen MR) is 91.0 cm³/mol.